The Hall–Kier alpha value is -12.8. The van der Waals surface area contributed by atoms with E-state index in [0.717, 1.165) is 145 Å². The van der Waals surface area contributed by atoms with Gasteiger partial charge in [0.05, 0.1) is 63.7 Å². The smallest absolute Gasteiger partial charge is 0.319 e. The number of aromatic nitrogens is 6. The molecule has 0 aliphatic rings. The van der Waals surface area contributed by atoms with Crippen molar-refractivity contribution in [1.29, 1.82) is 0 Å². The maximum Gasteiger partial charge on any atom is 0.415 e. The number of rotatable bonds is 11. The molecule has 0 N–H and O–H groups in total. The summed E-state index contributed by atoms with van der Waals surface area (Å²) in [6, 6.07) is 88.3. The third-order valence-corrected chi connectivity index (χ3v) is 17.6. The summed E-state index contributed by atoms with van der Waals surface area (Å²) in [6.45, 7) is 17.4. The second-order valence-electron chi connectivity index (χ2n) is 23.0. The lowest BCUT2D eigenvalue weighted by Crippen LogP contribution is -2.06. The Labute approximate surface area is 538 Å². The third kappa shape index (κ3) is 9.89. The molecule has 0 unspecified atom stereocenters. The lowest BCUT2D eigenvalue weighted by Gasteiger charge is -2.20. The topological polar surface area (TPSA) is 70.1 Å². The van der Waals surface area contributed by atoms with E-state index in [1.165, 1.54) is 6.07 Å². The molecule has 6 aromatic heterocycles. The Morgan fingerprint density at radius 1 is 0.287 bits per heavy atom. The van der Waals surface area contributed by atoms with E-state index in [2.05, 4.69) is 70.4 Å². The summed E-state index contributed by atoms with van der Waals surface area (Å²) in [5.74, 6) is 0. The van der Waals surface area contributed by atoms with E-state index in [1.807, 2.05) is 197 Å². The van der Waals surface area contributed by atoms with Gasteiger partial charge in [-0.2, -0.15) is 13.2 Å². The number of hydrogen-bond donors (Lipinski definition) is 0. The van der Waals surface area contributed by atoms with Gasteiger partial charge >= 0.3 is 6.18 Å². The highest BCUT2D eigenvalue weighted by molar-refractivity contribution is 6.15. The normalized spacial score (nSPS) is 11.5. The summed E-state index contributed by atoms with van der Waals surface area (Å²) in [4.78, 5) is 27.6. The summed E-state index contributed by atoms with van der Waals surface area (Å²) < 4.78 is 50.2. The maximum absolute atomic E-state index is 15.4. The van der Waals surface area contributed by atoms with Crippen molar-refractivity contribution in [2.75, 3.05) is 0 Å². The lowest BCUT2D eigenvalue weighted by atomic mass is 9.96. The van der Waals surface area contributed by atoms with Crippen molar-refractivity contribution in [2.45, 2.75) is 6.18 Å². The summed E-state index contributed by atoms with van der Waals surface area (Å²) in [5.41, 5.74) is 17.7. The Morgan fingerprint density at radius 3 is 0.947 bits per heavy atom. The van der Waals surface area contributed by atoms with Crippen LogP contribution in [0.15, 0.2) is 298 Å². The molecule has 0 atom stereocenters. The summed E-state index contributed by atoms with van der Waals surface area (Å²) in [5, 5.41) is 3.41. The van der Waals surface area contributed by atoms with Crippen LogP contribution < -0.4 is 0 Å². The van der Waals surface area contributed by atoms with Crippen LogP contribution in [0.3, 0.4) is 0 Å². The van der Waals surface area contributed by atoms with E-state index in [9.17, 15) is 6.57 Å². The van der Waals surface area contributed by atoms with Gasteiger partial charge in [-0.25, -0.2) is 9.69 Å². The van der Waals surface area contributed by atoms with Crippen LogP contribution in [-0.4, -0.2) is 29.1 Å². The largest absolute Gasteiger partial charge is 0.415 e. The molecule has 94 heavy (non-hydrogen) atoms. The van der Waals surface area contributed by atoms with Gasteiger partial charge in [-0.05, 0) is 131 Å². The van der Waals surface area contributed by atoms with Crippen molar-refractivity contribution in [3.8, 4) is 112 Å². The molecule has 0 amide bonds. The second kappa shape index (κ2) is 23.2. The molecule has 10 aromatic carbocycles. The SMILES string of the molecule is [C-]#[N+]c1cc(-c2cc(-n3c4ccc(-c5cccnc5-c5ccccc5)cc4c4cc(-c5cccnc5-c5ccccc5)ccc43)c([N+]#[C-])cc2-n2c3ccc(-c4cccnc4-c4ccccc4)cc3c3cc(-c4cccnc4-c4ccccc4)ccc32)cc(C(F)(F)F)c1. The van der Waals surface area contributed by atoms with Gasteiger partial charge in [0, 0.05) is 108 Å². The first-order valence-electron chi connectivity index (χ1n) is 30.5. The molecule has 0 spiro atoms. The van der Waals surface area contributed by atoms with Crippen LogP contribution in [0.4, 0.5) is 24.5 Å². The number of benzene rings is 10. The first kappa shape index (κ1) is 56.4. The molecule has 0 aliphatic heterocycles. The van der Waals surface area contributed by atoms with Crippen LogP contribution >= 0.6 is 0 Å². The van der Waals surface area contributed by atoms with Gasteiger partial charge in [0.2, 0.25) is 5.69 Å². The monoisotopic (exact) mass is 1210 g/mol. The zero-order valence-corrected chi connectivity index (χ0v) is 50.0. The van der Waals surface area contributed by atoms with E-state index >= 15 is 13.2 Å². The Balaban J connectivity index is 0.983. The van der Waals surface area contributed by atoms with E-state index in [4.69, 9.17) is 26.5 Å². The molecule has 16 aromatic rings. The highest BCUT2D eigenvalue weighted by Crippen LogP contribution is 2.48. The fraction of sp³-hybridized carbons (Fsp3) is 0.0120. The second-order valence-corrected chi connectivity index (χ2v) is 23.0. The zero-order chi connectivity index (χ0) is 63.4. The van der Waals surface area contributed by atoms with Gasteiger partial charge in [-0.15, -0.1) is 0 Å². The fourth-order valence-corrected chi connectivity index (χ4v) is 13.3. The molecule has 8 nitrogen and oxygen atoms in total. The minimum atomic E-state index is -4.81. The van der Waals surface area contributed by atoms with E-state index in [-0.39, 0.29) is 16.9 Å². The molecule has 6 heterocycles. The highest BCUT2D eigenvalue weighted by Gasteiger charge is 2.32. The minimum absolute atomic E-state index is 0.142. The van der Waals surface area contributed by atoms with Crippen molar-refractivity contribution < 1.29 is 13.2 Å². The predicted molar refractivity (Wildman–Crippen MR) is 373 cm³/mol. The number of hydrogen-bond acceptors (Lipinski definition) is 4. The van der Waals surface area contributed by atoms with Crippen molar-refractivity contribution in [3.63, 3.8) is 0 Å². The van der Waals surface area contributed by atoms with Crippen LogP contribution in [0, 0.1) is 13.1 Å². The first-order chi connectivity index (χ1) is 46.2. The van der Waals surface area contributed by atoms with Gasteiger partial charge in [0.25, 0.3) is 0 Å². The van der Waals surface area contributed by atoms with Gasteiger partial charge in [0.1, 0.15) is 0 Å². The predicted octanol–water partition coefficient (Wildman–Crippen LogP) is 22.6. The minimum Gasteiger partial charge on any atom is -0.319 e. The maximum atomic E-state index is 15.4. The summed E-state index contributed by atoms with van der Waals surface area (Å²) >= 11 is 0. The van der Waals surface area contributed by atoms with Gasteiger partial charge < -0.3 is 9.13 Å². The molecule has 442 valence electrons. The third-order valence-electron chi connectivity index (χ3n) is 17.6. The zero-order valence-electron chi connectivity index (χ0n) is 50.0. The van der Waals surface area contributed by atoms with Gasteiger partial charge in [-0.1, -0.05) is 170 Å². The van der Waals surface area contributed by atoms with Crippen molar-refractivity contribution in [1.82, 2.24) is 29.1 Å². The van der Waals surface area contributed by atoms with Crippen molar-refractivity contribution in [3.05, 3.63) is 326 Å². The van der Waals surface area contributed by atoms with Crippen LogP contribution in [0.1, 0.15) is 5.56 Å². The lowest BCUT2D eigenvalue weighted by molar-refractivity contribution is -0.137. The molecule has 0 saturated carbocycles. The molecule has 0 radical (unpaired) electrons. The van der Waals surface area contributed by atoms with Crippen LogP contribution in [0.25, 0.3) is 165 Å². The standard InChI is InChI=1S/C83H49F3N8/c1-87-62-44-60(43-61(49-62)83(84,85)86)67-50-78(94-75-37-33-58(65-29-17-41-91-81(65)54-23-11-5-12-24-54)47-70(75)71-48-59(34-38-76(71)94)66-30-18-42-92-82(66)55-25-13-6-14-26-55)72(88-2)51-77(67)93-73-35-31-56(63-27-15-39-89-79(63)52-19-7-3-8-20-52)45-68(73)69-46-57(32-36-74(69)93)64-28-16-40-90-80(64)53-21-9-4-10-22-53/h3-51H. The quantitative estimate of drug-likeness (QED) is 0.121. The molecular weight excluding hydrogens is 1170 g/mol. The van der Waals surface area contributed by atoms with E-state index < -0.39 is 11.7 Å². The number of pyridine rings is 4. The molecule has 16 rings (SSSR count). The number of halogens is 3. The van der Waals surface area contributed by atoms with Crippen LogP contribution in [-0.2, 0) is 6.18 Å². The average Bonchev–Trinajstić information content (AvgIpc) is 1.73. The number of fused-ring (bicyclic) bond motifs is 6. The first-order valence-corrected chi connectivity index (χ1v) is 30.5. The molecular formula is C83H49F3N8. The van der Waals surface area contributed by atoms with Crippen LogP contribution in [0.5, 0.6) is 0 Å². The summed E-state index contributed by atoms with van der Waals surface area (Å²) in [6.07, 6.45) is 2.35. The highest BCUT2D eigenvalue weighted by atomic mass is 19.4. The number of alkyl halides is 3. The molecule has 0 aliphatic carbocycles. The Bertz CT molecular complexity index is 5470. The fourth-order valence-electron chi connectivity index (χ4n) is 13.3. The number of nitrogens with zero attached hydrogens (tertiary/aromatic N) is 8. The Morgan fingerprint density at radius 2 is 0.628 bits per heavy atom. The molecule has 11 heteroatoms. The van der Waals surface area contributed by atoms with E-state index in [0.29, 0.717) is 16.9 Å². The van der Waals surface area contributed by atoms with Crippen molar-refractivity contribution in [2.24, 2.45) is 0 Å². The summed E-state index contributed by atoms with van der Waals surface area (Å²) in [7, 11) is 0. The van der Waals surface area contributed by atoms with Gasteiger partial charge in [0.15, 0.2) is 5.69 Å². The van der Waals surface area contributed by atoms with Crippen molar-refractivity contribution >= 4 is 55.0 Å². The van der Waals surface area contributed by atoms with E-state index in [1.54, 1.807) is 30.9 Å². The van der Waals surface area contributed by atoms with Crippen LogP contribution in [0.2, 0.25) is 0 Å². The molecule has 0 fully saturated rings. The Kier molecular flexibility index (Phi) is 13.9. The van der Waals surface area contributed by atoms with Gasteiger partial charge in [-0.3, -0.25) is 19.9 Å². The average molecular weight is 1220 g/mol. The molecule has 0 saturated heterocycles. The molecule has 0 bridgehead atoms.